The zero-order chi connectivity index (χ0) is 10.8. The van der Waals surface area contributed by atoms with E-state index in [1.54, 1.807) is 11.9 Å². The smallest absolute Gasteiger partial charge is 0.409 e. The minimum atomic E-state index is -0.191. The van der Waals surface area contributed by atoms with Gasteiger partial charge in [-0.05, 0) is 12.8 Å². The van der Waals surface area contributed by atoms with Gasteiger partial charge in [0.2, 0.25) is 0 Å². The van der Waals surface area contributed by atoms with Gasteiger partial charge < -0.3 is 9.64 Å². The van der Waals surface area contributed by atoms with Crippen molar-refractivity contribution in [1.82, 2.24) is 4.90 Å². The Hall–Kier alpha value is -0.730. The summed E-state index contributed by atoms with van der Waals surface area (Å²) in [5.41, 5.74) is 0. The van der Waals surface area contributed by atoms with Crippen molar-refractivity contribution >= 4 is 6.09 Å². The van der Waals surface area contributed by atoms with Crippen molar-refractivity contribution in [2.75, 3.05) is 20.2 Å². The Balaban J connectivity index is 3.42. The zero-order valence-electron chi connectivity index (χ0n) is 9.71. The van der Waals surface area contributed by atoms with Crippen LogP contribution in [0.25, 0.3) is 0 Å². The molecule has 0 atom stereocenters. The van der Waals surface area contributed by atoms with E-state index in [1.807, 2.05) is 6.92 Å². The molecule has 14 heavy (non-hydrogen) atoms. The van der Waals surface area contributed by atoms with Crippen LogP contribution in [-0.4, -0.2) is 31.2 Å². The third-order valence-corrected chi connectivity index (χ3v) is 2.09. The van der Waals surface area contributed by atoms with E-state index in [1.165, 1.54) is 19.3 Å². The van der Waals surface area contributed by atoms with Gasteiger partial charge in [0, 0.05) is 13.6 Å². The van der Waals surface area contributed by atoms with Crippen molar-refractivity contribution < 1.29 is 9.53 Å². The molecular weight excluding hydrogens is 178 g/mol. The summed E-state index contributed by atoms with van der Waals surface area (Å²) in [6.45, 7) is 5.51. The standard InChI is InChI=1S/C11H23NO2/c1-4-6-7-8-9-12(3)11(13)14-10-5-2/h4-10H2,1-3H3. The lowest BCUT2D eigenvalue weighted by atomic mass is 10.2. The average Bonchev–Trinajstić information content (AvgIpc) is 2.20. The molecule has 0 unspecified atom stereocenters. The van der Waals surface area contributed by atoms with Gasteiger partial charge in [0.1, 0.15) is 0 Å². The molecule has 0 aromatic heterocycles. The van der Waals surface area contributed by atoms with E-state index < -0.39 is 0 Å². The lowest BCUT2D eigenvalue weighted by Crippen LogP contribution is -2.28. The number of hydrogen-bond acceptors (Lipinski definition) is 2. The number of nitrogens with zero attached hydrogens (tertiary/aromatic N) is 1. The average molecular weight is 201 g/mol. The van der Waals surface area contributed by atoms with Crippen molar-refractivity contribution in [3.05, 3.63) is 0 Å². The summed E-state index contributed by atoms with van der Waals surface area (Å²) < 4.78 is 5.00. The maximum atomic E-state index is 11.3. The SMILES string of the molecule is CCCCCCN(C)C(=O)OCCC. The van der Waals surface area contributed by atoms with Gasteiger partial charge in [0.15, 0.2) is 0 Å². The van der Waals surface area contributed by atoms with Crippen LogP contribution < -0.4 is 0 Å². The summed E-state index contributed by atoms with van der Waals surface area (Å²) in [7, 11) is 1.80. The van der Waals surface area contributed by atoms with Gasteiger partial charge in [0.25, 0.3) is 0 Å². The van der Waals surface area contributed by atoms with E-state index in [4.69, 9.17) is 4.74 Å². The van der Waals surface area contributed by atoms with E-state index in [0.29, 0.717) is 6.61 Å². The second-order valence-electron chi connectivity index (χ2n) is 3.60. The van der Waals surface area contributed by atoms with Crippen LogP contribution in [0.1, 0.15) is 46.0 Å². The van der Waals surface area contributed by atoms with Crippen LogP contribution in [0.3, 0.4) is 0 Å². The molecular formula is C11H23NO2. The highest BCUT2D eigenvalue weighted by molar-refractivity contribution is 5.67. The van der Waals surface area contributed by atoms with Crippen molar-refractivity contribution in [3.63, 3.8) is 0 Å². The van der Waals surface area contributed by atoms with Gasteiger partial charge >= 0.3 is 6.09 Å². The third-order valence-electron chi connectivity index (χ3n) is 2.09. The zero-order valence-corrected chi connectivity index (χ0v) is 9.71. The Kier molecular flexibility index (Phi) is 8.39. The summed E-state index contributed by atoms with van der Waals surface area (Å²) in [6.07, 6.45) is 5.44. The third kappa shape index (κ3) is 6.75. The lowest BCUT2D eigenvalue weighted by Gasteiger charge is -2.16. The van der Waals surface area contributed by atoms with E-state index >= 15 is 0 Å². The fourth-order valence-corrected chi connectivity index (χ4v) is 1.17. The first-order valence-electron chi connectivity index (χ1n) is 5.60. The predicted molar refractivity (Wildman–Crippen MR) is 58.4 cm³/mol. The van der Waals surface area contributed by atoms with Gasteiger partial charge in [-0.1, -0.05) is 33.1 Å². The fraction of sp³-hybridized carbons (Fsp3) is 0.909. The summed E-state index contributed by atoms with van der Waals surface area (Å²) in [6, 6.07) is 0. The molecule has 0 spiro atoms. The van der Waals surface area contributed by atoms with Crippen LogP contribution in [0.5, 0.6) is 0 Å². The molecule has 0 fully saturated rings. The first-order chi connectivity index (χ1) is 6.72. The Morgan fingerprint density at radius 2 is 1.86 bits per heavy atom. The highest BCUT2D eigenvalue weighted by Gasteiger charge is 2.07. The molecule has 0 aliphatic rings. The Labute approximate surface area is 87.4 Å². The van der Waals surface area contributed by atoms with Gasteiger partial charge in [-0.15, -0.1) is 0 Å². The minimum absolute atomic E-state index is 0.191. The summed E-state index contributed by atoms with van der Waals surface area (Å²) in [5.74, 6) is 0. The highest BCUT2D eigenvalue weighted by Crippen LogP contribution is 2.01. The molecule has 0 heterocycles. The minimum Gasteiger partial charge on any atom is -0.449 e. The van der Waals surface area contributed by atoms with Gasteiger partial charge in [0.05, 0.1) is 6.61 Å². The number of amides is 1. The van der Waals surface area contributed by atoms with E-state index in [9.17, 15) is 4.79 Å². The van der Waals surface area contributed by atoms with Crippen LogP contribution in [-0.2, 0) is 4.74 Å². The Morgan fingerprint density at radius 1 is 1.14 bits per heavy atom. The molecule has 0 rings (SSSR count). The van der Waals surface area contributed by atoms with E-state index in [0.717, 1.165) is 19.4 Å². The molecule has 0 aromatic rings. The monoisotopic (exact) mass is 201 g/mol. The second kappa shape index (κ2) is 8.85. The molecule has 0 aliphatic carbocycles. The number of hydrogen-bond donors (Lipinski definition) is 0. The number of rotatable bonds is 7. The van der Waals surface area contributed by atoms with Gasteiger partial charge in [-0.2, -0.15) is 0 Å². The topological polar surface area (TPSA) is 29.5 Å². The van der Waals surface area contributed by atoms with Crippen LogP contribution in [0, 0.1) is 0 Å². The largest absolute Gasteiger partial charge is 0.449 e. The molecule has 3 heteroatoms. The van der Waals surface area contributed by atoms with Gasteiger partial charge in [-0.3, -0.25) is 0 Å². The maximum absolute atomic E-state index is 11.3. The Morgan fingerprint density at radius 3 is 2.43 bits per heavy atom. The highest BCUT2D eigenvalue weighted by atomic mass is 16.6. The lowest BCUT2D eigenvalue weighted by molar-refractivity contribution is 0.110. The molecule has 0 saturated heterocycles. The molecule has 0 aliphatic heterocycles. The number of unbranched alkanes of at least 4 members (excludes halogenated alkanes) is 3. The summed E-state index contributed by atoms with van der Waals surface area (Å²) in [5, 5.41) is 0. The fourth-order valence-electron chi connectivity index (χ4n) is 1.17. The summed E-state index contributed by atoms with van der Waals surface area (Å²) in [4.78, 5) is 12.9. The van der Waals surface area contributed by atoms with Crippen LogP contribution in [0.15, 0.2) is 0 Å². The predicted octanol–water partition coefficient (Wildman–Crippen LogP) is 3.05. The first-order valence-corrected chi connectivity index (χ1v) is 5.60. The van der Waals surface area contributed by atoms with E-state index in [2.05, 4.69) is 6.92 Å². The van der Waals surface area contributed by atoms with Crippen LogP contribution in [0.4, 0.5) is 4.79 Å². The molecule has 0 radical (unpaired) electrons. The number of carbonyl (C=O) groups excluding carboxylic acids is 1. The van der Waals surface area contributed by atoms with Gasteiger partial charge in [-0.25, -0.2) is 4.79 Å². The second-order valence-corrected chi connectivity index (χ2v) is 3.60. The molecule has 1 amide bonds. The van der Waals surface area contributed by atoms with Crippen LogP contribution in [0.2, 0.25) is 0 Å². The first kappa shape index (κ1) is 13.3. The molecule has 0 saturated carbocycles. The van der Waals surface area contributed by atoms with Crippen molar-refractivity contribution in [2.45, 2.75) is 46.0 Å². The summed E-state index contributed by atoms with van der Waals surface area (Å²) >= 11 is 0. The molecule has 0 N–H and O–H groups in total. The quantitative estimate of drug-likeness (QED) is 0.592. The maximum Gasteiger partial charge on any atom is 0.409 e. The van der Waals surface area contributed by atoms with Crippen molar-refractivity contribution in [3.8, 4) is 0 Å². The molecule has 3 nitrogen and oxygen atoms in total. The van der Waals surface area contributed by atoms with Crippen molar-refractivity contribution in [1.29, 1.82) is 0 Å². The Bertz CT molecular complexity index is 148. The number of carbonyl (C=O) groups is 1. The van der Waals surface area contributed by atoms with E-state index in [-0.39, 0.29) is 6.09 Å². The molecule has 0 aromatic carbocycles. The number of ether oxygens (including phenoxy) is 1. The van der Waals surface area contributed by atoms with Crippen molar-refractivity contribution in [2.24, 2.45) is 0 Å². The molecule has 84 valence electrons. The van der Waals surface area contributed by atoms with Crippen LogP contribution >= 0.6 is 0 Å². The molecule has 0 bridgehead atoms. The normalized spacial score (nSPS) is 9.93.